The van der Waals surface area contributed by atoms with Gasteiger partial charge in [-0.2, -0.15) is 0 Å². The Bertz CT molecular complexity index is 432. The number of nitrogens with one attached hydrogen (secondary N) is 1. The van der Waals surface area contributed by atoms with Crippen LogP contribution in [-0.2, 0) is 6.54 Å². The lowest BCUT2D eigenvalue weighted by Gasteiger charge is -2.50. The van der Waals surface area contributed by atoms with Gasteiger partial charge in [-0.3, -0.25) is 4.90 Å². The summed E-state index contributed by atoms with van der Waals surface area (Å²) in [7, 11) is 0. The minimum Gasteiger partial charge on any atom is -0.314 e. The molecule has 1 aliphatic carbocycles. The number of rotatable bonds is 2. The van der Waals surface area contributed by atoms with Crippen molar-refractivity contribution >= 4 is 0 Å². The van der Waals surface area contributed by atoms with Crippen LogP contribution in [0.2, 0.25) is 0 Å². The molecule has 2 heteroatoms. The van der Waals surface area contributed by atoms with Crippen LogP contribution < -0.4 is 5.32 Å². The van der Waals surface area contributed by atoms with Crippen molar-refractivity contribution in [1.29, 1.82) is 0 Å². The second kappa shape index (κ2) is 5.87. The van der Waals surface area contributed by atoms with Gasteiger partial charge in [-0.25, -0.2) is 0 Å². The summed E-state index contributed by atoms with van der Waals surface area (Å²) in [6, 6.07) is 7.01. The summed E-state index contributed by atoms with van der Waals surface area (Å²) in [6.45, 7) is 9.09. The van der Waals surface area contributed by atoms with E-state index < -0.39 is 0 Å². The molecule has 2 aliphatic rings. The van der Waals surface area contributed by atoms with Gasteiger partial charge in [0.05, 0.1) is 0 Å². The Labute approximate surface area is 123 Å². The Kier molecular flexibility index (Phi) is 4.13. The molecule has 0 atom stereocenters. The predicted molar refractivity (Wildman–Crippen MR) is 85.0 cm³/mol. The number of benzene rings is 1. The van der Waals surface area contributed by atoms with E-state index in [9.17, 15) is 0 Å². The van der Waals surface area contributed by atoms with E-state index in [4.69, 9.17) is 0 Å². The minimum absolute atomic E-state index is 0.439. The molecule has 0 amide bonds. The first-order chi connectivity index (χ1) is 9.68. The van der Waals surface area contributed by atoms with Crippen LogP contribution in [-0.4, -0.2) is 30.1 Å². The zero-order valence-corrected chi connectivity index (χ0v) is 13.0. The third-order valence-corrected chi connectivity index (χ3v) is 5.12. The molecule has 2 fully saturated rings. The Hall–Kier alpha value is -0.860. The zero-order valence-electron chi connectivity index (χ0n) is 13.0. The summed E-state index contributed by atoms with van der Waals surface area (Å²) in [4.78, 5) is 2.77. The van der Waals surface area contributed by atoms with E-state index in [0.717, 1.165) is 13.1 Å². The first-order valence-electron chi connectivity index (χ1n) is 8.21. The Morgan fingerprint density at radius 1 is 1.05 bits per heavy atom. The van der Waals surface area contributed by atoms with E-state index in [1.54, 1.807) is 0 Å². The molecule has 110 valence electrons. The highest BCUT2D eigenvalue weighted by Crippen LogP contribution is 2.35. The minimum atomic E-state index is 0.439. The molecule has 0 aromatic heterocycles. The van der Waals surface area contributed by atoms with Crippen LogP contribution >= 0.6 is 0 Å². The molecular weight excluding hydrogens is 244 g/mol. The van der Waals surface area contributed by atoms with E-state index in [0.29, 0.717) is 5.54 Å². The molecule has 1 aromatic rings. The van der Waals surface area contributed by atoms with Crippen molar-refractivity contribution in [2.24, 2.45) is 0 Å². The van der Waals surface area contributed by atoms with Crippen molar-refractivity contribution in [2.45, 2.75) is 58.0 Å². The molecule has 20 heavy (non-hydrogen) atoms. The maximum absolute atomic E-state index is 3.64. The Morgan fingerprint density at radius 3 is 2.45 bits per heavy atom. The van der Waals surface area contributed by atoms with Crippen LogP contribution in [0.4, 0.5) is 0 Å². The quantitative estimate of drug-likeness (QED) is 0.887. The fourth-order valence-electron chi connectivity index (χ4n) is 4.21. The van der Waals surface area contributed by atoms with Crippen LogP contribution in [0.5, 0.6) is 0 Å². The molecular formula is C18H28N2. The highest BCUT2D eigenvalue weighted by atomic mass is 15.3. The summed E-state index contributed by atoms with van der Waals surface area (Å²) in [5.41, 5.74) is 4.73. The monoisotopic (exact) mass is 272 g/mol. The van der Waals surface area contributed by atoms with Gasteiger partial charge in [-0.05, 0) is 32.3 Å². The maximum atomic E-state index is 3.64. The van der Waals surface area contributed by atoms with Crippen LogP contribution in [0.25, 0.3) is 0 Å². The van der Waals surface area contributed by atoms with Crippen molar-refractivity contribution in [3.05, 3.63) is 34.9 Å². The lowest BCUT2D eigenvalue weighted by atomic mass is 9.79. The number of hydrogen-bond acceptors (Lipinski definition) is 2. The second-order valence-electron chi connectivity index (χ2n) is 6.88. The molecule has 1 saturated carbocycles. The Morgan fingerprint density at radius 2 is 1.75 bits per heavy atom. The fraction of sp³-hybridized carbons (Fsp3) is 0.667. The molecule has 1 aromatic carbocycles. The van der Waals surface area contributed by atoms with Gasteiger partial charge in [-0.15, -0.1) is 0 Å². The predicted octanol–water partition coefficient (Wildman–Crippen LogP) is 3.41. The molecule has 3 rings (SSSR count). The largest absolute Gasteiger partial charge is 0.314 e. The summed E-state index contributed by atoms with van der Waals surface area (Å²) >= 11 is 0. The summed E-state index contributed by atoms with van der Waals surface area (Å²) in [5, 5.41) is 3.64. The summed E-state index contributed by atoms with van der Waals surface area (Å²) in [5.74, 6) is 0. The van der Waals surface area contributed by atoms with Gasteiger partial charge in [0.2, 0.25) is 0 Å². The second-order valence-corrected chi connectivity index (χ2v) is 6.88. The number of piperazine rings is 1. The summed E-state index contributed by atoms with van der Waals surface area (Å²) < 4.78 is 0. The van der Waals surface area contributed by atoms with Crippen molar-refractivity contribution in [1.82, 2.24) is 10.2 Å². The third-order valence-electron chi connectivity index (χ3n) is 5.12. The van der Waals surface area contributed by atoms with Gasteiger partial charge in [-0.1, -0.05) is 48.6 Å². The lowest BCUT2D eigenvalue weighted by Crippen LogP contribution is -2.61. The molecule has 2 nitrogen and oxygen atoms in total. The molecule has 1 saturated heterocycles. The van der Waals surface area contributed by atoms with E-state index >= 15 is 0 Å². The first-order valence-corrected chi connectivity index (χ1v) is 8.21. The smallest absolute Gasteiger partial charge is 0.0338 e. The molecule has 1 heterocycles. The fourth-order valence-corrected chi connectivity index (χ4v) is 4.21. The van der Waals surface area contributed by atoms with Crippen molar-refractivity contribution in [3.63, 3.8) is 0 Å². The number of hydrogen-bond donors (Lipinski definition) is 1. The maximum Gasteiger partial charge on any atom is 0.0338 e. The zero-order chi connectivity index (χ0) is 14.0. The topological polar surface area (TPSA) is 15.3 Å². The van der Waals surface area contributed by atoms with Gasteiger partial charge in [0.25, 0.3) is 0 Å². The van der Waals surface area contributed by atoms with Crippen molar-refractivity contribution < 1.29 is 0 Å². The van der Waals surface area contributed by atoms with Crippen LogP contribution in [0.1, 0.15) is 48.8 Å². The summed E-state index contributed by atoms with van der Waals surface area (Å²) in [6.07, 6.45) is 7.00. The molecule has 0 radical (unpaired) electrons. The van der Waals surface area contributed by atoms with E-state index in [2.05, 4.69) is 42.3 Å². The average molecular weight is 272 g/mol. The average Bonchev–Trinajstić information content (AvgIpc) is 2.41. The number of aryl methyl sites for hydroxylation is 2. The SMILES string of the molecule is Cc1cc(C)cc(CN2CCNCC23CCCCC3)c1. The van der Waals surface area contributed by atoms with Gasteiger partial charge in [0, 0.05) is 31.7 Å². The third kappa shape index (κ3) is 2.91. The lowest BCUT2D eigenvalue weighted by molar-refractivity contribution is 0.0208. The normalized spacial score (nSPS) is 23.1. The van der Waals surface area contributed by atoms with E-state index in [-0.39, 0.29) is 0 Å². The molecule has 1 spiro atoms. The van der Waals surface area contributed by atoms with Gasteiger partial charge in [0.1, 0.15) is 0 Å². The van der Waals surface area contributed by atoms with E-state index in [1.165, 1.54) is 61.9 Å². The van der Waals surface area contributed by atoms with Crippen molar-refractivity contribution in [3.8, 4) is 0 Å². The van der Waals surface area contributed by atoms with Gasteiger partial charge >= 0.3 is 0 Å². The molecule has 0 bridgehead atoms. The van der Waals surface area contributed by atoms with Crippen LogP contribution in [0.3, 0.4) is 0 Å². The first kappa shape index (κ1) is 14.1. The highest BCUT2D eigenvalue weighted by Gasteiger charge is 2.39. The van der Waals surface area contributed by atoms with Gasteiger partial charge in [0.15, 0.2) is 0 Å². The van der Waals surface area contributed by atoms with Crippen LogP contribution in [0, 0.1) is 13.8 Å². The van der Waals surface area contributed by atoms with E-state index in [1.807, 2.05) is 0 Å². The molecule has 1 N–H and O–H groups in total. The molecule has 1 aliphatic heterocycles. The van der Waals surface area contributed by atoms with Gasteiger partial charge < -0.3 is 5.32 Å². The Balaban J connectivity index is 1.79. The highest BCUT2D eigenvalue weighted by molar-refractivity contribution is 5.28. The van der Waals surface area contributed by atoms with Crippen molar-refractivity contribution in [2.75, 3.05) is 19.6 Å². The molecule has 0 unspecified atom stereocenters. The van der Waals surface area contributed by atoms with Crippen LogP contribution in [0.15, 0.2) is 18.2 Å². The standard InChI is InChI=1S/C18H28N2/c1-15-10-16(2)12-17(11-15)13-20-9-8-19-14-18(20)6-4-3-5-7-18/h10-12,19H,3-9,13-14H2,1-2H3. The number of nitrogens with zero attached hydrogens (tertiary/aromatic N) is 1.